The zero-order valence-electron chi connectivity index (χ0n) is 10.3. The van der Waals surface area contributed by atoms with Crippen molar-refractivity contribution >= 4 is 16.6 Å². The highest BCUT2D eigenvalue weighted by atomic mass is 15.3. The van der Waals surface area contributed by atoms with Crippen molar-refractivity contribution in [2.24, 2.45) is 0 Å². The van der Waals surface area contributed by atoms with E-state index < -0.39 is 0 Å². The smallest absolute Gasteiger partial charge is 0.182 e. The van der Waals surface area contributed by atoms with Crippen LogP contribution in [0.5, 0.6) is 0 Å². The third kappa shape index (κ3) is 1.52. The van der Waals surface area contributed by atoms with Gasteiger partial charge < -0.3 is 0 Å². The van der Waals surface area contributed by atoms with Crippen molar-refractivity contribution < 1.29 is 0 Å². The van der Waals surface area contributed by atoms with Gasteiger partial charge in [0.1, 0.15) is 0 Å². The highest BCUT2D eigenvalue weighted by Crippen LogP contribution is 2.24. The highest BCUT2D eigenvalue weighted by Gasteiger charge is 2.09. The summed E-state index contributed by atoms with van der Waals surface area (Å²) in [4.78, 5) is 4.54. The molecule has 0 spiro atoms. The minimum atomic E-state index is 0.734. The van der Waals surface area contributed by atoms with E-state index in [4.69, 9.17) is 0 Å². The summed E-state index contributed by atoms with van der Waals surface area (Å²) in [6, 6.07) is 9.98. The normalized spacial score (nSPS) is 11.4. The van der Waals surface area contributed by atoms with Gasteiger partial charge in [-0.1, -0.05) is 6.07 Å². The number of benzene rings is 1. The number of nitrogens with zero attached hydrogens (tertiary/aromatic N) is 4. The molecule has 0 radical (unpaired) electrons. The van der Waals surface area contributed by atoms with Gasteiger partial charge in [0.05, 0.1) is 11.7 Å². The zero-order chi connectivity index (χ0) is 12.8. The zero-order valence-corrected chi connectivity index (χ0v) is 10.3. The van der Waals surface area contributed by atoms with E-state index in [9.17, 15) is 0 Å². The first-order chi connectivity index (χ1) is 9.31. The van der Waals surface area contributed by atoms with Crippen molar-refractivity contribution in [1.82, 2.24) is 24.8 Å². The Kier molecular flexibility index (Phi) is 1.97. The minimum Gasteiger partial charge on any atom is -0.278 e. The van der Waals surface area contributed by atoms with Gasteiger partial charge in [0.2, 0.25) is 0 Å². The summed E-state index contributed by atoms with van der Waals surface area (Å²) < 4.78 is 1.78. The Balaban J connectivity index is 1.97. The van der Waals surface area contributed by atoms with Crippen molar-refractivity contribution in [3.05, 3.63) is 48.3 Å². The number of nitrogens with one attached hydrogen (secondary N) is 1. The maximum absolute atomic E-state index is 4.54. The van der Waals surface area contributed by atoms with Crippen LogP contribution in [-0.2, 0) is 0 Å². The van der Waals surface area contributed by atoms with Crippen LogP contribution in [0.3, 0.4) is 0 Å². The van der Waals surface area contributed by atoms with Gasteiger partial charge in [-0.25, -0.2) is 9.50 Å². The first-order valence-electron chi connectivity index (χ1n) is 6.07. The molecule has 92 valence electrons. The molecule has 0 atom stereocenters. The standard InChI is InChI=1S/C14H11N5/c1-9-6-10(7-11-8-15-17-13(9)11)14-16-12-4-2-3-5-19(12)18-14/h2-8H,1H3,(H,15,17). The highest BCUT2D eigenvalue weighted by molar-refractivity contribution is 5.85. The largest absolute Gasteiger partial charge is 0.278 e. The fourth-order valence-corrected chi connectivity index (χ4v) is 2.32. The molecule has 4 aromatic rings. The molecule has 0 fully saturated rings. The molecule has 0 unspecified atom stereocenters. The quantitative estimate of drug-likeness (QED) is 0.564. The average molecular weight is 249 g/mol. The number of rotatable bonds is 1. The molecule has 0 aliphatic heterocycles. The molecule has 0 aliphatic rings. The Morgan fingerprint density at radius 1 is 1.21 bits per heavy atom. The molecular weight excluding hydrogens is 238 g/mol. The maximum Gasteiger partial charge on any atom is 0.182 e. The summed E-state index contributed by atoms with van der Waals surface area (Å²) in [5.41, 5.74) is 4.06. The number of aromatic amines is 1. The molecule has 5 heteroatoms. The SMILES string of the molecule is Cc1cc(-c2nc3ccccn3n2)cc2cn[nH]c12. The third-order valence-corrected chi connectivity index (χ3v) is 3.25. The topological polar surface area (TPSA) is 58.9 Å². The Morgan fingerprint density at radius 2 is 2.16 bits per heavy atom. The van der Waals surface area contributed by atoms with E-state index >= 15 is 0 Å². The molecule has 19 heavy (non-hydrogen) atoms. The van der Waals surface area contributed by atoms with Gasteiger partial charge in [-0.3, -0.25) is 5.10 Å². The van der Waals surface area contributed by atoms with Crippen LogP contribution < -0.4 is 0 Å². The molecule has 0 bridgehead atoms. The molecule has 0 saturated heterocycles. The summed E-state index contributed by atoms with van der Waals surface area (Å²) in [5, 5.41) is 12.6. The Labute approximate surface area is 108 Å². The van der Waals surface area contributed by atoms with Crippen molar-refractivity contribution in [1.29, 1.82) is 0 Å². The van der Waals surface area contributed by atoms with Crippen LogP contribution in [0, 0.1) is 6.92 Å². The third-order valence-electron chi connectivity index (χ3n) is 3.25. The summed E-state index contributed by atoms with van der Waals surface area (Å²) >= 11 is 0. The van der Waals surface area contributed by atoms with Crippen molar-refractivity contribution in [3.8, 4) is 11.4 Å². The van der Waals surface area contributed by atoms with Crippen LogP contribution >= 0.6 is 0 Å². The Hall–Kier alpha value is -2.69. The molecule has 1 aromatic carbocycles. The van der Waals surface area contributed by atoms with E-state index in [1.165, 1.54) is 0 Å². The van der Waals surface area contributed by atoms with Gasteiger partial charge in [-0.15, -0.1) is 5.10 Å². The predicted molar refractivity (Wildman–Crippen MR) is 72.8 cm³/mol. The van der Waals surface area contributed by atoms with Crippen LogP contribution in [-0.4, -0.2) is 24.8 Å². The van der Waals surface area contributed by atoms with Crippen molar-refractivity contribution in [2.75, 3.05) is 0 Å². The molecule has 4 rings (SSSR count). The van der Waals surface area contributed by atoms with Crippen molar-refractivity contribution in [2.45, 2.75) is 6.92 Å². The molecule has 1 N–H and O–H groups in total. The van der Waals surface area contributed by atoms with E-state index in [-0.39, 0.29) is 0 Å². The van der Waals surface area contributed by atoms with Crippen LogP contribution in [0.25, 0.3) is 27.9 Å². The fourth-order valence-electron chi connectivity index (χ4n) is 2.32. The van der Waals surface area contributed by atoms with Crippen LogP contribution in [0.15, 0.2) is 42.7 Å². The van der Waals surface area contributed by atoms with Crippen molar-refractivity contribution in [3.63, 3.8) is 0 Å². The van der Waals surface area contributed by atoms with E-state index in [2.05, 4.69) is 39.3 Å². The second-order valence-electron chi connectivity index (χ2n) is 4.57. The van der Waals surface area contributed by atoms with Gasteiger partial charge in [0, 0.05) is 17.1 Å². The Bertz CT molecular complexity index is 854. The Morgan fingerprint density at radius 3 is 3.05 bits per heavy atom. The second-order valence-corrected chi connectivity index (χ2v) is 4.57. The van der Waals surface area contributed by atoms with Crippen LogP contribution in [0.2, 0.25) is 0 Å². The summed E-state index contributed by atoms with van der Waals surface area (Å²) in [6.07, 6.45) is 3.72. The monoisotopic (exact) mass is 249 g/mol. The molecule has 3 aromatic heterocycles. The van der Waals surface area contributed by atoms with Gasteiger partial charge >= 0.3 is 0 Å². The second kappa shape index (κ2) is 3.65. The molecule has 3 heterocycles. The number of aromatic nitrogens is 5. The minimum absolute atomic E-state index is 0.734. The number of fused-ring (bicyclic) bond motifs is 2. The molecule has 0 saturated carbocycles. The first-order valence-corrected chi connectivity index (χ1v) is 6.07. The maximum atomic E-state index is 4.54. The van der Waals surface area contributed by atoms with Gasteiger partial charge in [0.15, 0.2) is 11.5 Å². The van der Waals surface area contributed by atoms with E-state index in [1.54, 1.807) is 4.52 Å². The predicted octanol–water partition coefficient (Wildman–Crippen LogP) is 2.58. The molecule has 0 amide bonds. The lowest BCUT2D eigenvalue weighted by atomic mass is 10.1. The fraction of sp³-hybridized carbons (Fsp3) is 0.0714. The number of H-pyrrole nitrogens is 1. The number of hydrogen-bond donors (Lipinski definition) is 1. The molecular formula is C14H11N5. The lowest BCUT2D eigenvalue weighted by Crippen LogP contribution is -1.86. The van der Waals surface area contributed by atoms with Crippen LogP contribution in [0.1, 0.15) is 5.56 Å². The lowest BCUT2D eigenvalue weighted by molar-refractivity contribution is 0.966. The first kappa shape index (κ1) is 10.3. The van der Waals surface area contributed by atoms with Crippen LogP contribution in [0.4, 0.5) is 0 Å². The summed E-state index contributed by atoms with van der Waals surface area (Å²) in [6.45, 7) is 2.06. The number of aryl methyl sites for hydroxylation is 1. The van der Waals surface area contributed by atoms with Gasteiger partial charge in [0.25, 0.3) is 0 Å². The molecule has 5 nitrogen and oxygen atoms in total. The van der Waals surface area contributed by atoms with Gasteiger partial charge in [-0.05, 0) is 36.8 Å². The van der Waals surface area contributed by atoms with E-state index in [0.717, 1.165) is 33.5 Å². The summed E-state index contributed by atoms with van der Waals surface area (Å²) in [7, 11) is 0. The van der Waals surface area contributed by atoms with E-state index in [0.29, 0.717) is 0 Å². The number of pyridine rings is 1. The average Bonchev–Trinajstić information content (AvgIpc) is 3.04. The lowest BCUT2D eigenvalue weighted by Gasteiger charge is -1.99. The van der Waals surface area contributed by atoms with Gasteiger partial charge in [-0.2, -0.15) is 5.10 Å². The molecule has 0 aliphatic carbocycles. The number of hydrogen-bond acceptors (Lipinski definition) is 3. The summed E-state index contributed by atoms with van der Waals surface area (Å²) in [5.74, 6) is 0.734. The van der Waals surface area contributed by atoms with E-state index in [1.807, 2.05) is 30.6 Å².